The van der Waals surface area contributed by atoms with E-state index in [-0.39, 0.29) is 18.6 Å². The Kier molecular flexibility index (Phi) is 7.36. The number of aliphatic hydroxyl groups is 1. The zero-order valence-corrected chi connectivity index (χ0v) is 25.7. The molecule has 1 aromatic heterocycles. The fraction of sp³-hybridized carbons (Fsp3) is 0.710. The molecule has 4 heterocycles. The Bertz CT molecular complexity index is 1330. The van der Waals surface area contributed by atoms with Crippen LogP contribution < -0.4 is 0 Å². The molecule has 0 radical (unpaired) electrons. The number of carbonyl (C=O) groups excluding carboxylic acids is 5. The van der Waals surface area contributed by atoms with Crippen LogP contribution in [0.25, 0.3) is 0 Å². The van der Waals surface area contributed by atoms with Gasteiger partial charge in [-0.05, 0) is 13.0 Å². The first kappa shape index (κ1) is 31.2. The number of hydrogen-bond acceptors (Lipinski definition) is 12. The number of furan rings is 1. The van der Waals surface area contributed by atoms with Gasteiger partial charge in [-0.1, -0.05) is 27.7 Å². The number of rotatable bonds is 5. The standard InChI is InChI=1S/C31H40O12/c1-14-22(35)21-26(41-16(3)33)30(7)25(17-9-10-39-13-17)42-20(34)12-31(14,30)43-19-11-18(40-15(2)32)28(4,5)24(29(19,21)6)23(36)27(37)38-8/h9-10,13-14,18-19,21,23-26,36H,11-12H2,1-8H3/t14-,18+,19-,21+,23-,24-,25-,26-,29+,30+,31-/m0/s1. The van der Waals surface area contributed by atoms with Gasteiger partial charge in [-0.3, -0.25) is 19.2 Å². The van der Waals surface area contributed by atoms with E-state index in [0.29, 0.717) is 5.56 Å². The summed E-state index contributed by atoms with van der Waals surface area (Å²) in [4.78, 5) is 66.2. The summed E-state index contributed by atoms with van der Waals surface area (Å²) in [6.07, 6.45) is -3.22. The monoisotopic (exact) mass is 604 g/mol. The summed E-state index contributed by atoms with van der Waals surface area (Å²) in [7, 11) is 1.14. The van der Waals surface area contributed by atoms with Crippen molar-refractivity contribution >= 4 is 29.7 Å². The molecule has 2 aliphatic carbocycles. The van der Waals surface area contributed by atoms with Crippen LogP contribution in [0.5, 0.6) is 0 Å². The van der Waals surface area contributed by atoms with Crippen LogP contribution in [0.3, 0.4) is 0 Å². The largest absolute Gasteiger partial charge is 0.472 e. The second kappa shape index (κ2) is 10.2. The van der Waals surface area contributed by atoms with Crippen molar-refractivity contribution in [3.63, 3.8) is 0 Å². The number of carbonyl (C=O) groups is 5. The third kappa shape index (κ3) is 4.12. The molecule has 43 heavy (non-hydrogen) atoms. The highest BCUT2D eigenvalue weighted by Crippen LogP contribution is 2.72. The Morgan fingerprint density at radius 1 is 1.07 bits per heavy atom. The van der Waals surface area contributed by atoms with Crippen molar-refractivity contribution in [1.82, 2.24) is 0 Å². The highest BCUT2D eigenvalue weighted by molar-refractivity contribution is 5.90. The predicted molar refractivity (Wildman–Crippen MR) is 145 cm³/mol. The first-order valence-corrected chi connectivity index (χ1v) is 14.5. The van der Waals surface area contributed by atoms with Crippen LogP contribution in [0, 0.1) is 34.0 Å². The number of esters is 4. The molecule has 12 nitrogen and oxygen atoms in total. The molecule has 12 heteroatoms. The zero-order valence-electron chi connectivity index (χ0n) is 25.7. The fourth-order valence-electron chi connectivity index (χ4n) is 9.22. The van der Waals surface area contributed by atoms with Gasteiger partial charge in [-0.25, -0.2) is 4.79 Å². The van der Waals surface area contributed by atoms with Crippen LogP contribution in [0.15, 0.2) is 23.0 Å². The molecule has 3 aliphatic heterocycles. The number of Topliss-reactive ketones (excluding diaryl/α,β-unsaturated/α-hetero) is 1. The predicted octanol–water partition coefficient (Wildman–Crippen LogP) is 2.70. The highest BCUT2D eigenvalue weighted by atomic mass is 16.6. The maximum Gasteiger partial charge on any atom is 0.335 e. The van der Waals surface area contributed by atoms with Crippen molar-refractivity contribution in [3.05, 3.63) is 24.2 Å². The van der Waals surface area contributed by atoms with Gasteiger partial charge in [0, 0.05) is 48.5 Å². The summed E-state index contributed by atoms with van der Waals surface area (Å²) in [6.45, 7) is 11.2. The first-order valence-electron chi connectivity index (χ1n) is 14.5. The van der Waals surface area contributed by atoms with E-state index in [1.54, 1.807) is 40.7 Å². The van der Waals surface area contributed by atoms with Crippen molar-refractivity contribution in [3.8, 4) is 0 Å². The van der Waals surface area contributed by atoms with Gasteiger partial charge in [-0.2, -0.15) is 0 Å². The minimum Gasteiger partial charge on any atom is -0.472 e. The van der Waals surface area contributed by atoms with E-state index in [1.165, 1.54) is 26.4 Å². The molecule has 1 N–H and O–H groups in total. The van der Waals surface area contributed by atoms with Gasteiger partial charge in [0.25, 0.3) is 0 Å². The van der Waals surface area contributed by atoms with Crippen LogP contribution in [0.4, 0.5) is 0 Å². The molecule has 0 amide bonds. The molecule has 0 unspecified atom stereocenters. The van der Waals surface area contributed by atoms with Crippen LogP contribution in [-0.2, 0) is 47.7 Å². The summed E-state index contributed by atoms with van der Waals surface area (Å²) >= 11 is 0. The quantitative estimate of drug-likeness (QED) is 0.386. The van der Waals surface area contributed by atoms with Crippen molar-refractivity contribution in [2.75, 3.05) is 7.11 Å². The number of fused-ring (bicyclic) bond motifs is 1. The van der Waals surface area contributed by atoms with Crippen molar-refractivity contribution in [2.45, 2.75) is 97.4 Å². The number of ketones is 1. The number of hydrogen-bond donors (Lipinski definition) is 1. The minimum atomic E-state index is -1.78. The normalized spacial score (nSPS) is 42.0. The SMILES string of the molecule is COC(=O)[C@@H](O)[C@H]1C(C)(C)[C@H](OC(C)=O)C[C@@H]2O[C@]34CC(=O)O[C@@H](c5ccoc5)[C@]3(C)[C@@H](OC(C)=O)[C@@H](C(=O)[C@@H]4C)[C@@]21C. The van der Waals surface area contributed by atoms with E-state index < -0.39 is 94.0 Å². The molecule has 236 valence electrons. The average Bonchev–Trinajstić information content (AvgIpc) is 3.41. The Morgan fingerprint density at radius 2 is 1.72 bits per heavy atom. The lowest BCUT2D eigenvalue weighted by molar-refractivity contribution is -0.286. The van der Waals surface area contributed by atoms with Gasteiger partial charge >= 0.3 is 23.9 Å². The van der Waals surface area contributed by atoms with E-state index >= 15 is 0 Å². The summed E-state index contributed by atoms with van der Waals surface area (Å²) in [5, 5.41) is 11.7. The van der Waals surface area contributed by atoms with Gasteiger partial charge < -0.3 is 33.2 Å². The van der Waals surface area contributed by atoms with Gasteiger partial charge in [0.15, 0.2) is 6.10 Å². The minimum absolute atomic E-state index is 0.0834. The molecule has 1 spiro atoms. The smallest absolute Gasteiger partial charge is 0.335 e. The van der Waals surface area contributed by atoms with Crippen LogP contribution in [-0.4, -0.2) is 71.9 Å². The summed E-state index contributed by atoms with van der Waals surface area (Å²) < 4.78 is 35.2. The number of aliphatic hydroxyl groups excluding tert-OH is 1. The number of cyclic esters (lactones) is 1. The first-order chi connectivity index (χ1) is 20.0. The second-order valence-corrected chi connectivity index (χ2v) is 13.5. The molecular weight excluding hydrogens is 564 g/mol. The maximum atomic E-state index is 14.7. The van der Waals surface area contributed by atoms with E-state index in [9.17, 15) is 29.1 Å². The van der Waals surface area contributed by atoms with Crippen molar-refractivity contribution in [2.24, 2.45) is 34.0 Å². The second-order valence-electron chi connectivity index (χ2n) is 13.5. The lowest BCUT2D eigenvalue weighted by Crippen LogP contribution is -2.72. The summed E-state index contributed by atoms with van der Waals surface area (Å²) in [5.74, 6) is -6.27. The van der Waals surface area contributed by atoms with Gasteiger partial charge in [0.2, 0.25) is 0 Å². The molecule has 5 fully saturated rings. The Balaban J connectivity index is 1.84. The van der Waals surface area contributed by atoms with Crippen LogP contribution in [0.2, 0.25) is 0 Å². The molecule has 11 atom stereocenters. The Labute approximate surface area is 249 Å². The zero-order chi connectivity index (χ0) is 31.9. The van der Waals surface area contributed by atoms with Gasteiger partial charge in [0.1, 0.15) is 29.7 Å². The molecule has 0 aromatic carbocycles. The van der Waals surface area contributed by atoms with Crippen molar-refractivity contribution in [1.29, 1.82) is 0 Å². The average molecular weight is 605 g/mol. The van der Waals surface area contributed by atoms with Gasteiger partial charge in [-0.15, -0.1) is 0 Å². The summed E-state index contributed by atoms with van der Waals surface area (Å²) in [6, 6.07) is 1.64. The van der Waals surface area contributed by atoms with Crippen LogP contribution >= 0.6 is 0 Å². The Hall–Kier alpha value is -3.25. The molecule has 2 bridgehead atoms. The number of methoxy groups -OCH3 is 1. The van der Waals surface area contributed by atoms with E-state index in [1.807, 2.05) is 0 Å². The third-order valence-electron chi connectivity index (χ3n) is 11.1. The summed E-state index contributed by atoms with van der Waals surface area (Å²) in [5.41, 5.74) is -4.91. The van der Waals surface area contributed by atoms with Crippen LogP contribution in [0.1, 0.15) is 73.0 Å². The third-order valence-corrected chi connectivity index (χ3v) is 11.1. The lowest BCUT2D eigenvalue weighted by Gasteiger charge is -2.62. The lowest BCUT2D eigenvalue weighted by atomic mass is 9.42. The van der Waals surface area contributed by atoms with E-state index in [2.05, 4.69) is 0 Å². The molecule has 6 rings (SSSR count). The van der Waals surface area contributed by atoms with E-state index in [4.69, 9.17) is 28.1 Å². The molecule has 3 saturated heterocycles. The molecule has 1 aromatic rings. The number of ether oxygens (including phenoxy) is 5. The van der Waals surface area contributed by atoms with Gasteiger partial charge in [0.05, 0.1) is 43.5 Å². The topological polar surface area (TPSA) is 165 Å². The highest BCUT2D eigenvalue weighted by Gasteiger charge is 2.81. The molecular formula is C31H40O12. The van der Waals surface area contributed by atoms with E-state index in [0.717, 1.165) is 7.11 Å². The molecule has 5 aliphatic rings. The molecule has 2 saturated carbocycles. The Morgan fingerprint density at radius 3 is 2.28 bits per heavy atom. The maximum absolute atomic E-state index is 14.7. The van der Waals surface area contributed by atoms with Crippen molar-refractivity contribution < 1.29 is 57.2 Å². The fourth-order valence-corrected chi connectivity index (χ4v) is 9.22.